The summed E-state index contributed by atoms with van der Waals surface area (Å²) in [5.41, 5.74) is 10.6. The van der Waals surface area contributed by atoms with Crippen LogP contribution >= 0.6 is 0 Å². The number of esters is 1. The number of benzene rings is 6. The van der Waals surface area contributed by atoms with Gasteiger partial charge < -0.3 is 42.0 Å². The van der Waals surface area contributed by atoms with Gasteiger partial charge in [0, 0.05) is 19.6 Å². The molecule has 0 heterocycles. The molecule has 0 fully saturated rings. The minimum absolute atomic E-state index is 0. The molecule has 6 aromatic carbocycles. The number of carboxylic acids is 1. The molecule has 0 bridgehead atoms. The van der Waals surface area contributed by atoms with Gasteiger partial charge in [-0.05, 0) is 103 Å². The zero-order valence-corrected chi connectivity index (χ0v) is 44.7. The molecule has 0 aliphatic carbocycles. The lowest BCUT2D eigenvalue weighted by Crippen LogP contribution is -2.49. The summed E-state index contributed by atoms with van der Waals surface area (Å²) < 4.78 is 53.2. The number of amides is 1. The number of carbonyl (C=O) groups excluding carboxylic acids is 2. The molecule has 78 heavy (non-hydrogen) atoms. The van der Waals surface area contributed by atoms with Crippen LogP contribution in [0.3, 0.4) is 0 Å². The van der Waals surface area contributed by atoms with Crippen LogP contribution in [0.15, 0.2) is 170 Å². The number of nitrogens with zero attached hydrogens (tertiary/aromatic N) is 2. The number of nitrogens with two attached hydrogens (primary N) is 1. The fourth-order valence-electron chi connectivity index (χ4n) is 9.81. The van der Waals surface area contributed by atoms with E-state index in [0.29, 0.717) is 39.0 Å². The van der Waals surface area contributed by atoms with Gasteiger partial charge in [0.1, 0.15) is 11.5 Å². The SMILES string of the molecule is C.COC(=O)CCN(CCCCCCNC(=O)C(F)(F)F)C(c1ccccc1)(c1ccccc1)c1ccc(OC)cc1.COc1ccc(C(c2ccccc2)(c2ccccc2)N(CCCCCCN)CCC(=O)O)cc1.N.O. The second-order valence-corrected chi connectivity index (χ2v) is 18.2. The first-order valence-electron chi connectivity index (χ1n) is 25.7. The van der Waals surface area contributed by atoms with E-state index in [1.807, 2.05) is 115 Å². The Labute approximate surface area is 459 Å². The van der Waals surface area contributed by atoms with Crippen LogP contribution in [0.1, 0.15) is 105 Å². The van der Waals surface area contributed by atoms with Gasteiger partial charge in [-0.25, -0.2) is 0 Å². The highest BCUT2D eigenvalue weighted by atomic mass is 19.4. The molecule has 0 saturated heterocycles. The second-order valence-electron chi connectivity index (χ2n) is 18.2. The first-order valence-corrected chi connectivity index (χ1v) is 25.7. The Hall–Kier alpha value is -7.08. The summed E-state index contributed by atoms with van der Waals surface area (Å²) >= 11 is 0. The second kappa shape index (κ2) is 34.6. The van der Waals surface area contributed by atoms with Gasteiger partial charge in [0.2, 0.25) is 0 Å². The van der Waals surface area contributed by atoms with Crippen LogP contribution in [0.4, 0.5) is 13.2 Å². The van der Waals surface area contributed by atoms with Crippen molar-refractivity contribution in [1.29, 1.82) is 0 Å². The highest BCUT2D eigenvalue weighted by Gasteiger charge is 2.44. The Kier molecular flexibility index (Phi) is 29.8. The number of hydrogen-bond acceptors (Lipinski definition) is 10. The molecule has 0 unspecified atom stereocenters. The van der Waals surface area contributed by atoms with Crippen molar-refractivity contribution in [2.75, 3.05) is 60.6 Å². The molecule has 16 heteroatoms. The summed E-state index contributed by atoms with van der Waals surface area (Å²) in [5, 5.41) is 11.5. The van der Waals surface area contributed by atoms with Gasteiger partial charge in [-0.2, -0.15) is 13.2 Å². The van der Waals surface area contributed by atoms with E-state index in [0.717, 1.165) is 89.9 Å². The molecule has 0 spiro atoms. The maximum Gasteiger partial charge on any atom is 0.471 e. The summed E-state index contributed by atoms with van der Waals surface area (Å²) in [6.45, 7) is 2.88. The number of alkyl halides is 3. The maximum atomic E-state index is 12.4. The third kappa shape index (κ3) is 18.3. The number of hydrogen-bond donors (Lipinski definition) is 4. The summed E-state index contributed by atoms with van der Waals surface area (Å²) in [6, 6.07) is 57.0. The van der Waals surface area contributed by atoms with E-state index in [4.69, 9.17) is 19.9 Å². The zero-order valence-electron chi connectivity index (χ0n) is 44.7. The molecule has 0 saturated carbocycles. The number of rotatable bonds is 29. The third-order valence-electron chi connectivity index (χ3n) is 13.4. The summed E-state index contributed by atoms with van der Waals surface area (Å²) in [5.74, 6) is -1.51. The van der Waals surface area contributed by atoms with Crippen LogP contribution in [0, 0.1) is 0 Å². The monoisotopic (exact) mass is 1080 g/mol. The van der Waals surface area contributed by atoms with Crippen LogP contribution < -0.4 is 26.7 Å². The molecule has 0 aromatic heterocycles. The van der Waals surface area contributed by atoms with Gasteiger partial charge >= 0.3 is 24.0 Å². The Morgan fingerprint density at radius 3 is 1.15 bits per heavy atom. The minimum Gasteiger partial charge on any atom is -0.497 e. The molecule has 6 rings (SSSR count). The molecule has 0 aliphatic heterocycles. The van der Waals surface area contributed by atoms with E-state index in [9.17, 15) is 32.7 Å². The predicted octanol–water partition coefficient (Wildman–Crippen LogP) is 11.3. The lowest BCUT2D eigenvalue weighted by atomic mass is 9.75. The highest BCUT2D eigenvalue weighted by molar-refractivity contribution is 5.81. The molecular formula is C62H82F3N5O8. The third-order valence-corrected chi connectivity index (χ3v) is 13.4. The van der Waals surface area contributed by atoms with E-state index in [1.54, 1.807) is 14.2 Å². The normalized spacial score (nSPS) is 11.2. The molecule has 0 aliphatic rings. The van der Waals surface area contributed by atoms with Crippen molar-refractivity contribution in [3.63, 3.8) is 0 Å². The molecule has 9 N–H and O–H groups in total. The lowest BCUT2D eigenvalue weighted by molar-refractivity contribution is -0.173. The Balaban J connectivity index is 0.000000521. The summed E-state index contributed by atoms with van der Waals surface area (Å²) in [4.78, 5) is 39.7. The molecule has 424 valence electrons. The summed E-state index contributed by atoms with van der Waals surface area (Å²) in [6.07, 6.45) is 2.04. The van der Waals surface area contributed by atoms with E-state index >= 15 is 0 Å². The van der Waals surface area contributed by atoms with Crippen LogP contribution in [0.5, 0.6) is 11.5 Å². The van der Waals surface area contributed by atoms with Gasteiger partial charge in [-0.1, -0.05) is 179 Å². The number of aliphatic carboxylic acids is 1. The number of ether oxygens (including phenoxy) is 3. The van der Waals surface area contributed by atoms with Gasteiger partial charge in [0.25, 0.3) is 0 Å². The van der Waals surface area contributed by atoms with Crippen molar-refractivity contribution in [2.24, 2.45) is 5.73 Å². The quantitative estimate of drug-likeness (QED) is 0.0197. The van der Waals surface area contributed by atoms with Crippen LogP contribution in [0.25, 0.3) is 0 Å². The first-order chi connectivity index (χ1) is 36.4. The number of halogens is 3. The highest BCUT2D eigenvalue weighted by Crippen LogP contribution is 2.45. The number of unbranched alkanes of at least 4 members (excludes halogenated alkanes) is 6. The molecule has 6 aromatic rings. The fraction of sp³-hybridized carbons (Fsp3) is 0.371. The summed E-state index contributed by atoms with van der Waals surface area (Å²) in [7, 11) is 4.65. The zero-order chi connectivity index (χ0) is 53.9. The average Bonchev–Trinajstić information content (AvgIpc) is 3.47. The van der Waals surface area contributed by atoms with E-state index in [-0.39, 0.29) is 44.4 Å². The Bertz CT molecular complexity index is 2500. The van der Waals surface area contributed by atoms with Gasteiger partial charge in [-0.15, -0.1) is 0 Å². The first kappa shape index (κ1) is 67.0. The fourth-order valence-corrected chi connectivity index (χ4v) is 9.81. The number of carboxylic acid groups (broad SMARTS) is 1. The molecule has 13 nitrogen and oxygen atoms in total. The van der Waals surface area contributed by atoms with E-state index in [1.165, 1.54) is 7.11 Å². The smallest absolute Gasteiger partial charge is 0.471 e. The molecule has 0 atom stereocenters. The minimum atomic E-state index is -4.88. The van der Waals surface area contributed by atoms with Crippen molar-refractivity contribution >= 4 is 17.8 Å². The topological polar surface area (TPSA) is 210 Å². The predicted molar refractivity (Wildman–Crippen MR) is 304 cm³/mol. The number of carbonyl (C=O) groups is 3. The average molecular weight is 1080 g/mol. The van der Waals surface area contributed by atoms with Crippen molar-refractivity contribution < 1.29 is 52.3 Å². The van der Waals surface area contributed by atoms with E-state index in [2.05, 4.69) is 70.5 Å². The van der Waals surface area contributed by atoms with Crippen molar-refractivity contribution in [3.05, 3.63) is 203 Å². The van der Waals surface area contributed by atoms with Crippen molar-refractivity contribution in [1.82, 2.24) is 21.3 Å². The molecule has 1 amide bonds. The Morgan fingerprint density at radius 2 is 0.833 bits per heavy atom. The Morgan fingerprint density at radius 1 is 0.500 bits per heavy atom. The van der Waals surface area contributed by atoms with Crippen molar-refractivity contribution in [2.45, 2.75) is 88.9 Å². The molecular weight excluding hydrogens is 1000 g/mol. The van der Waals surface area contributed by atoms with Crippen molar-refractivity contribution in [3.8, 4) is 11.5 Å². The van der Waals surface area contributed by atoms with Crippen LogP contribution in [-0.2, 0) is 30.2 Å². The lowest BCUT2D eigenvalue weighted by Gasteiger charge is -2.46. The maximum absolute atomic E-state index is 12.4. The van der Waals surface area contributed by atoms with Gasteiger partial charge in [0.15, 0.2) is 0 Å². The standard InChI is InChI=1S/C32H37F3N2O4.C29H36N2O3.CH4.H3N.H2O/c1-40-28-19-17-27(18-20-28)31(25-13-7-5-8-14-25,26-15-9-6-10-16-26)37(24-21-29(38)41-2)23-12-4-3-11-22-36-30(39)32(33,34)35;1-34-27-18-16-26(17-19-27)29(24-12-6-4-7-13-24,25-14-8-5-9-15-25)31(23-20-28(32)33)22-11-3-2-10-21-30;;;/h5-10,13-20H,3-4,11-12,21-24H2,1-2H3,(H,36,39);4-9,12-19H,2-3,10-11,20-23,30H2,1H3,(H,32,33);1H4;1H3;1H2. The molecule has 0 radical (unpaired) electrons. The van der Waals surface area contributed by atoms with Gasteiger partial charge in [-0.3, -0.25) is 24.2 Å². The van der Waals surface area contributed by atoms with Gasteiger partial charge in [0.05, 0.1) is 45.2 Å². The van der Waals surface area contributed by atoms with E-state index < -0.39 is 29.1 Å². The van der Waals surface area contributed by atoms with Crippen LogP contribution in [-0.4, -0.2) is 105 Å². The largest absolute Gasteiger partial charge is 0.497 e. The number of nitrogens with one attached hydrogen (secondary N) is 1. The number of methoxy groups -OCH3 is 3. The van der Waals surface area contributed by atoms with Crippen LogP contribution in [0.2, 0.25) is 0 Å².